The van der Waals surface area contributed by atoms with Crippen molar-refractivity contribution in [1.82, 2.24) is 5.32 Å². The maximum Gasteiger partial charge on any atom is 0.228 e. The van der Waals surface area contributed by atoms with Gasteiger partial charge >= 0.3 is 0 Å². The lowest BCUT2D eigenvalue weighted by Gasteiger charge is -2.28. The normalized spacial score (nSPS) is 17.2. The zero-order valence-corrected chi connectivity index (χ0v) is 16.0. The Kier molecular flexibility index (Phi) is 6.49. The Morgan fingerprint density at radius 2 is 1.46 bits per heavy atom. The van der Waals surface area contributed by atoms with Gasteiger partial charge in [-0.15, -0.1) is 0 Å². The fourth-order valence-electron chi connectivity index (χ4n) is 4.29. The highest BCUT2D eigenvalue weighted by Gasteiger charge is 2.33. The fraction of sp³-hybridized carbons (Fsp3) is 0.458. The SMILES string of the molecule is CC(C)CC(NC(=O)C(c1ccccc1)C1CCCC1)c1ccccc1. The van der Waals surface area contributed by atoms with Crippen LogP contribution in [0.2, 0.25) is 0 Å². The summed E-state index contributed by atoms with van der Waals surface area (Å²) in [5.74, 6) is 1.16. The van der Waals surface area contributed by atoms with Gasteiger partial charge in [0.15, 0.2) is 0 Å². The Morgan fingerprint density at radius 1 is 0.923 bits per heavy atom. The summed E-state index contributed by atoms with van der Waals surface area (Å²) >= 11 is 0. The van der Waals surface area contributed by atoms with E-state index in [-0.39, 0.29) is 17.9 Å². The van der Waals surface area contributed by atoms with Crippen molar-refractivity contribution in [3.63, 3.8) is 0 Å². The summed E-state index contributed by atoms with van der Waals surface area (Å²) in [6, 6.07) is 20.8. The van der Waals surface area contributed by atoms with Gasteiger partial charge in [0.25, 0.3) is 0 Å². The predicted octanol–water partition coefficient (Wildman–Crippen LogP) is 5.86. The highest BCUT2D eigenvalue weighted by atomic mass is 16.2. The van der Waals surface area contributed by atoms with Gasteiger partial charge in [-0.3, -0.25) is 4.79 Å². The van der Waals surface area contributed by atoms with Gasteiger partial charge in [-0.2, -0.15) is 0 Å². The van der Waals surface area contributed by atoms with Gasteiger partial charge in [-0.25, -0.2) is 0 Å². The third-order valence-electron chi connectivity index (χ3n) is 5.54. The van der Waals surface area contributed by atoms with Crippen molar-refractivity contribution in [2.75, 3.05) is 0 Å². The fourth-order valence-corrected chi connectivity index (χ4v) is 4.29. The Bertz CT molecular complexity index is 674. The minimum absolute atomic E-state index is 0.0305. The number of carbonyl (C=O) groups is 1. The van der Waals surface area contributed by atoms with Gasteiger partial charge in [-0.05, 0) is 42.2 Å². The van der Waals surface area contributed by atoms with E-state index in [9.17, 15) is 4.79 Å². The molecule has 2 nitrogen and oxygen atoms in total. The third-order valence-corrected chi connectivity index (χ3v) is 5.54. The molecule has 1 aliphatic carbocycles. The van der Waals surface area contributed by atoms with Crippen molar-refractivity contribution in [2.45, 2.75) is 57.9 Å². The summed E-state index contributed by atoms with van der Waals surface area (Å²) in [7, 11) is 0. The van der Waals surface area contributed by atoms with Crippen molar-refractivity contribution in [3.8, 4) is 0 Å². The van der Waals surface area contributed by atoms with Crippen molar-refractivity contribution < 1.29 is 4.79 Å². The average molecular weight is 350 g/mol. The predicted molar refractivity (Wildman–Crippen MR) is 108 cm³/mol. The molecule has 2 aromatic rings. The molecule has 1 N–H and O–H groups in total. The molecular formula is C24H31NO. The first kappa shape index (κ1) is 18.7. The van der Waals surface area contributed by atoms with E-state index in [0.29, 0.717) is 11.8 Å². The molecule has 1 saturated carbocycles. The minimum Gasteiger partial charge on any atom is -0.349 e. The molecule has 1 amide bonds. The lowest BCUT2D eigenvalue weighted by molar-refractivity contribution is -0.124. The number of benzene rings is 2. The second-order valence-corrected chi connectivity index (χ2v) is 8.03. The van der Waals surface area contributed by atoms with Gasteiger partial charge in [0.05, 0.1) is 12.0 Å². The molecule has 2 unspecified atom stereocenters. The first-order chi connectivity index (χ1) is 12.6. The van der Waals surface area contributed by atoms with Crippen LogP contribution in [0.1, 0.15) is 69.0 Å². The van der Waals surface area contributed by atoms with Crippen LogP contribution >= 0.6 is 0 Å². The molecule has 0 aromatic heterocycles. The first-order valence-corrected chi connectivity index (χ1v) is 10.1. The zero-order chi connectivity index (χ0) is 18.4. The van der Waals surface area contributed by atoms with E-state index in [2.05, 4.69) is 55.6 Å². The summed E-state index contributed by atoms with van der Waals surface area (Å²) < 4.78 is 0. The summed E-state index contributed by atoms with van der Waals surface area (Å²) in [4.78, 5) is 13.4. The van der Waals surface area contributed by atoms with Crippen LogP contribution in [-0.2, 0) is 4.79 Å². The number of nitrogens with one attached hydrogen (secondary N) is 1. The van der Waals surface area contributed by atoms with Gasteiger partial charge < -0.3 is 5.32 Å². The summed E-state index contributed by atoms with van der Waals surface area (Å²) in [6.07, 6.45) is 5.77. The largest absolute Gasteiger partial charge is 0.349 e. The van der Waals surface area contributed by atoms with Crippen LogP contribution in [0.4, 0.5) is 0 Å². The van der Waals surface area contributed by atoms with Gasteiger partial charge in [0, 0.05) is 0 Å². The summed E-state index contributed by atoms with van der Waals surface area (Å²) in [6.45, 7) is 4.43. The van der Waals surface area contributed by atoms with Crippen LogP contribution in [-0.4, -0.2) is 5.91 Å². The molecule has 2 aromatic carbocycles. The third kappa shape index (κ3) is 4.75. The molecule has 0 bridgehead atoms. The molecule has 3 rings (SSSR count). The van der Waals surface area contributed by atoms with Crippen LogP contribution in [0.5, 0.6) is 0 Å². The molecule has 0 radical (unpaired) electrons. The molecule has 1 aliphatic rings. The van der Waals surface area contributed by atoms with Crippen LogP contribution < -0.4 is 5.32 Å². The Morgan fingerprint density at radius 3 is 2.00 bits per heavy atom. The lowest BCUT2D eigenvalue weighted by Crippen LogP contribution is -2.36. The van der Waals surface area contributed by atoms with Crippen molar-refractivity contribution >= 4 is 5.91 Å². The molecular weight excluding hydrogens is 318 g/mol. The average Bonchev–Trinajstić information content (AvgIpc) is 3.17. The van der Waals surface area contributed by atoms with E-state index >= 15 is 0 Å². The maximum atomic E-state index is 13.4. The first-order valence-electron chi connectivity index (χ1n) is 10.1. The van der Waals surface area contributed by atoms with Crippen molar-refractivity contribution in [2.24, 2.45) is 11.8 Å². The standard InChI is InChI=1S/C24H31NO/c1-18(2)17-22(19-11-5-3-6-12-19)25-24(26)23(21-15-9-10-16-21)20-13-7-4-8-14-20/h3-8,11-14,18,21-23H,9-10,15-17H2,1-2H3,(H,25,26). The molecule has 2 atom stereocenters. The van der Waals surface area contributed by atoms with E-state index < -0.39 is 0 Å². The van der Waals surface area contributed by atoms with Crippen LogP contribution in [0, 0.1) is 11.8 Å². The van der Waals surface area contributed by atoms with E-state index in [1.165, 1.54) is 18.4 Å². The molecule has 0 saturated heterocycles. The Balaban J connectivity index is 1.83. The highest BCUT2D eigenvalue weighted by Crippen LogP contribution is 2.38. The summed E-state index contributed by atoms with van der Waals surface area (Å²) in [5, 5.41) is 3.40. The van der Waals surface area contributed by atoms with E-state index in [1.807, 2.05) is 24.3 Å². The molecule has 0 aliphatic heterocycles. The summed E-state index contributed by atoms with van der Waals surface area (Å²) in [5.41, 5.74) is 2.36. The zero-order valence-electron chi connectivity index (χ0n) is 16.0. The molecule has 26 heavy (non-hydrogen) atoms. The minimum atomic E-state index is -0.0305. The number of hydrogen-bond donors (Lipinski definition) is 1. The van der Waals surface area contributed by atoms with Crippen molar-refractivity contribution in [3.05, 3.63) is 71.8 Å². The van der Waals surface area contributed by atoms with Gasteiger partial charge in [-0.1, -0.05) is 87.4 Å². The number of amides is 1. The van der Waals surface area contributed by atoms with Gasteiger partial charge in [0.1, 0.15) is 0 Å². The quantitative estimate of drug-likeness (QED) is 0.666. The second kappa shape index (κ2) is 9.02. The van der Waals surface area contributed by atoms with E-state index in [0.717, 1.165) is 24.8 Å². The van der Waals surface area contributed by atoms with Crippen molar-refractivity contribution in [1.29, 1.82) is 0 Å². The maximum absolute atomic E-state index is 13.4. The van der Waals surface area contributed by atoms with Crippen LogP contribution in [0.3, 0.4) is 0 Å². The number of rotatable bonds is 7. The highest BCUT2D eigenvalue weighted by molar-refractivity contribution is 5.84. The monoisotopic (exact) mass is 349 g/mol. The van der Waals surface area contributed by atoms with Gasteiger partial charge in [0.2, 0.25) is 5.91 Å². The van der Waals surface area contributed by atoms with Crippen LogP contribution in [0.25, 0.3) is 0 Å². The lowest BCUT2D eigenvalue weighted by atomic mass is 9.83. The molecule has 2 heteroatoms. The molecule has 138 valence electrons. The molecule has 0 spiro atoms. The Labute approximate surface area is 158 Å². The smallest absolute Gasteiger partial charge is 0.228 e. The molecule has 1 fully saturated rings. The number of carbonyl (C=O) groups excluding carboxylic acids is 1. The molecule has 0 heterocycles. The van der Waals surface area contributed by atoms with E-state index in [1.54, 1.807) is 0 Å². The van der Waals surface area contributed by atoms with Crippen LogP contribution in [0.15, 0.2) is 60.7 Å². The van der Waals surface area contributed by atoms with E-state index in [4.69, 9.17) is 0 Å². The second-order valence-electron chi connectivity index (χ2n) is 8.03. The Hall–Kier alpha value is -2.09. The topological polar surface area (TPSA) is 29.1 Å². The number of hydrogen-bond acceptors (Lipinski definition) is 1.